The van der Waals surface area contributed by atoms with Crippen LogP contribution in [0.5, 0.6) is 0 Å². The van der Waals surface area contributed by atoms with Crippen LogP contribution >= 0.6 is 57.5 Å². The molecule has 2 saturated heterocycles. The summed E-state index contributed by atoms with van der Waals surface area (Å²) in [5, 5.41) is 8.01. The Balaban J connectivity index is 0.000000132. The average Bonchev–Trinajstić information content (AvgIpc) is 3.51. The van der Waals surface area contributed by atoms with Gasteiger partial charge in [-0.1, -0.05) is 11.6 Å². The predicted molar refractivity (Wildman–Crippen MR) is 137 cm³/mol. The Bertz CT molecular complexity index is 1170. The van der Waals surface area contributed by atoms with Gasteiger partial charge < -0.3 is 19.7 Å². The topological polar surface area (TPSA) is 85.3 Å². The van der Waals surface area contributed by atoms with Crippen molar-refractivity contribution in [3.05, 3.63) is 38.6 Å². The van der Waals surface area contributed by atoms with Gasteiger partial charge in [0.1, 0.15) is 0 Å². The fourth-order valence-electron chi connectivity index (χ4n) is 3.13. The average molecular weight is 548 g/mol. The summed E-state index contributed by atoms with van der Waals surface area (Å²) in [7, 11) is 0. The van der Waals surface area contributed by atoms with E-state index in [9.17, 15) is 0 Å². The molecule has 0 aromatic carbocycles. The number of nitrogens with zero attached hydrogens (tertiary/aromatic N) is 5. The summed E-state index contributed by atoms with van der Waals surface area (Å²) in [4.78, 5) is 18.5. The number of hydrogen-bond acceptors (Lipinski definition) is 10. The number of anilines is 1. The lowest BCUT2D eigenvalue weighted by atomic mass is 10.3. The number of thiophene rings is 2. The zero-order valence-corrected chi connectivity index (χ0v) is 21.4. The van der Waals surface area contributed by atoms with Crippen molar-refractivity contribution < 1.29 is 9.47 Å². The third-order valence-corrected chi connectivity index (χ3v) is 7.18. The molecule has 2 aliphatic rings. The normalized spacial score (nSPS) is 16.2. The molecule has 0 spiro atoms. The van der Waals surface area contributed by atoms with Gasteiger partial charge >= 0.3 is 0 Å². The van der Waals surface area contributed by atoms with Crippen LogP contribution in [0.25, 0.3) is 20.4 Å². The maximum absolute atomic E-state index is 5.92. The lowest BCUT2D eigenvalue weighted by molar-refractivity contribution is 0.109. The Morgan fingerprint density at radius 3 is 1.94 bits per heavy atom. The quantitative estimate of drug-likeness (QED) is 0.269. The van der Waals surface area contributed by atoms with Gasteiger partial charge in [-0.2, -0.15) is 4.98 Å². The molecule has 0 aliphatic carbocycles. The van der Waals surface area contributed by atoms with Crippen LogP contribution in [-0.2, 0) is 9.47 Å². The van der Waals surface area contributed by atoms with Crippen LogP contribution in [0.1, 0.15) is 0 Å². The van der Waals surface area contributed by atoms with Gasteiger partial charge in [0.2, 0.25) is 10.6 Å². The van der Waals surface area contributed by atoms with Crippen LogP contribution in [0, 0.1) is 0 Å². The number of nitrogens with one attached hydrogen (secondary N) is 1. The Hall–Kier alpha value is -1.37. The molecule has 0 amide bonds. The van der Waals surface area contributed by atoms with E-state index in [0.29, 0.717) is 10.4 Å². The third kappa shape index (κ3) is 6.83. The van der Waals surface area contributed by atoms with Gasteiger partial charge in [0, 0.05) is 26.2 Å². The number of hydrogen-bond donors (Lipinski definition) is 1. The molecule has 176 valence electrons. The maximum Gasteiger partial charge on any atom is 0.224 e. The number of aromatic nitrogens is 4. The van der Waals surface area contributed by atoms with E-state index in [-0.39, 0.29) is 5.28 Å². The molecule has 0 radical (unpaired) electrons. The van der Waals surface area contributed by atoms with Crippen molar-refractivity contribution in [2.45, 2.75) is 0 Å². The van der Waals surface area contributed by atoms with Crippen molar-refractivity contribution >= 4 is 83.7 Å². The molecule has 4 aromatic rings. The molecular formula is C20H21Cl3N6O2S2. The molecule has 4 aromatic heterocycles. The van der Waals surface area contributed by atoms with Crippen LogP contribution in [-0.4, -0.2) is 72.5 Å². The van der Waals surface area contributed by atoms with E-state index in [1.165, 1.54) is 11.3 Å². The third-order valence-electron chi connectivity index (χ3n) is 4.65. The molecule has 6 rings (SSSR count). The Labute approximate surface area is 213 Å². The highest BCUT2D eigenvalue weighted by Crippen LogP contribution is 2.30. The fourth-order valence-corrected chi connectivity index (χ4v) is 5.39. The monoisotopic (exact) mass is 546 g/mol. The van der Waals surface area contributed by atoms with Crippen molar-refractivity contribution in [2.24, 2.45) is 0 Å². The standard InChI is InChI=1S/C10H10ClN3OS.C6H2Cl2N2S.C4H9NO/c11-10-12-7-1-6-16-8(7)9(13-10)14-2-4-15-5-3-14;7-5-4-3(1-2-11-4)9-6(8)10-5;1-3-6-4-2-5-1/h1,6H,2-5H2;1-2H;5H,1-4H2. The second-order valence-corrected chi connectivity index (χ2v) is 9.70. The zero-order valence-electron chi connectivity index (χ0n) is 17.5. The van der Waals surface area contributed by atoms with Gasteiger partial charge in [0.15, 0.2) is 11.0 Å². The molecular weight excluding hydrogens is 527 g/mol. The second-order valence-electron chi connectivity index (χ2n) is 6.83. The summed E-state index contributed by atoms with van der Waals surface area (Å²) in [6.07, 6.45) is 0. The van der Waals surface area contributed by atoms with E-state index in [0.717, 1.165) is 78.9 Å². The van der Waals surface area contributed by atoms with Crippen molar-refractivity contribution in [1.82, 2.24) is 25.3 Å². The van der Waals surface area contributed by atoms with E-state index in [1.54, 1.807) is 11.3 Å². The van der Waals surface area contributed by atoms with Gasteiger partial charge in [0.05, 0.1) is 46.9 Å². The molecule has 6 heterocycles. The van der Waals surface area contributed by atoms with Crippen molar-refractivity contribution in [1.29, 1.82) is 0 Å². The summed E-state index contributed by atoms with van der Waals surface area (Å²) in [6.45, 7) is 7.05. The lowest BCUT2D eigenvalue weighted by Gasteiger charge is -2.28. The molecule has 0 unspecified atom stereocenters. The van der Waals surface area contributed by atoms with E-state index in [1.807, 2.05) is 22.9 Å². The summed E-state index contributed by atoms with van der Waals surface area (Å²) in [5.74, 6) is 0.938. The summed E-state index contributed by atoms with van der Waals surface area (Å²) in [6, 6.07) is 3.83. The lowest BCUT2D eigenvalue weighted by Crippen LogP contribution is -2.36. The minimum Gasteiger partial charge on any atom is -0.379 e. The summed E-state index contributed by atoms with van der Waals surface area (Å²) >= 11 is 20.4. The van der Waals surface area contributed by atoms with Crippen molar-refractivity contribution in [3.63, 3.8) is 0 Å². The largest absolute Gasteiger partial charge is 0.379 e. The Morgan fingerprint density at radius 1 is 0.758 bits per heavy atom. The molecule has 33 heavy (non-hydrogen) atoms. The van der Waals surface area contributed by atoms with E-state index in [2.05, 4.69) is 30.2 Å². The minimum absolute atomic E-state index is 0.195. The van der Waals surface area contributed by atoms with Crippen molar-refractivity contribution in [3.8, 4) is 0 Å². The SMILES string of the molecule is C1COCCN1.Clc1nc(Cl)c2sccc2n1.Clc1nc(N2CCOCC2)c2sccc2n1. The molecule has 1 N–H and O–H groups in total. The van der Waals surface area contributed by atoms with Gasteiger partial charge in [-0.05, 0) is 46.1 Å². The van der Waals surface area contributed by atoms with Crippen LogP contribution in [0.3, 0.4) is 0 Å². The van der Waals surface area contributed by atoms with Crippen LogP contribution < -0.4 is 10.2 Å². The molecule has 8 nitrogen and oxygen atoms in total. The minimum atomic E-state index is 0.195. The molecule has 0 saturated carbocycles. The number of ether oxygens (including phenoxy) is 2. The molecule has 13 heteroatoms. The zero-order chi connectivity index (χ0) is 23.0. The number of morpholine rings is 2. The van der Waals surface area contributed by atoms with Crippen LogP contribution in [0.4, 0.5) is 5.82 Å². The smallest absolute Gasteiger partial charge is 0.224 e. The highest BCUT2D eigenvalue weighted by molar-refractivity contribution is 7.18. The van der Waals surface area contributed by atoms with E-state index in [4.69, 9.17) is 44.3 Å². The molecule has 2 fully saturated rings. The molecule has 0 bridgehead atoms. The first-order chi connectivity index (χ1) is 16.1. The number of fused-ring (bicyclic) bond motifs is 2. The highest BCUT2D eigenvalue weighted by Gasteiger charge is 2.17. The van der Waals surface area contributed by atoms with Gasteiger partial charge in [-0.15, -0.1) is 22.7 Å². The number of halogens is 3. The Morgan fingerprint density at radius 2 is 1.33 bits per heavy atom. The van der Waals surface area contributed by atoms with Crippen LogP contribution in [0.2, 0.25) is 15.7 Å². The second kappa shape index (κ2) is 12.4. The first-order valence-corrected chi connectivity index (χ1v) is 13.1. The van der Waals surface area contributed by atoms with E-state index >= 15 is 0 Å². The van der Waals surface area contributed by atoms with Gasteiger partial charge in [-0.3, -0.25) is 0 Å². The molecule has 2 aliphatic heterocycles. The fraction of sp³-hybridized carbons (Fsp3) is 0.400. The summed E-state index contributed by atoms with van der Waals surface area (Å²) in [5.41, 5.74) is 1.73. The van der Waals surface area contributed by atoms with E-state index < -0.39 is 0 Å². The van der Waals surface area contributed by atoms with Crippen molar-refractivity contribution in [2.75, 3.05) is 57.5 Å². The predicted octanol–water partition coefficient (Wildman–Crippen LogP) is 4.79. The van der Waals surface area contributed by atoms with Gasteiger partial charge in [0.25, 0.3) is 0 Å². The van der Waals surface area contributed by atoms with Crippen LogP contribution in [0.15, 0.2) is 22.9 Å². The first kappa shape index (κ1) is 24.7. The highest BCUT2D eigenvalue weighted by atomic mass is 35.5. The first-order valence-electron chi connectivity index (χ1n) is 10.2. The summed E-state index contributed by atoms with van der Waals surface area (Å²) < 4.78 is 12.3. The molecule has 0 atom stereocenters. The number of rotatable bonds is 1. The van der Waals surface area contributed by atoms with Gasteiger partial charge in [-0.25, -0.2) is 15.0 Å². The maximum atomic E-state index is 5.92. The Kier molecular flexibility index (Phi) is 9.27.